The summed E-state index contributed by atoms with van der Waals surface area (Å²) >= 11 is 6.84. The molecule has 5 N–H and O–H groups in total. The Morgan fingerprint density at radius 2 is 2.02 bits per heavy atom. The van der Waals surface area contributed by atoms with Crippen LogP contribution in [0.5, 0.6) is 0 Å². The minimum absolute atomic E-state index is 0.0105. The number of nitriles is 1. The van der Waals surface area contributed by atoms with Crippen LogP contribution in [0, 0.1) is 22.7 Å². The predicted octanol–water partition coefficient (Wildman–Crippen LogP) is 4.91. The number of aliphatic hydroxyl groups excluding tert-OH is 1. The molecular formula is C33H35ClN8O2. The highest BCUT2D eigenvalue weighted by Gasteiger charge is 2.60. The predicted molar refractivity (Wildman–Crippen MR) is 173 cm³/mol. The van der Waals surface area contributed by atoms with Gasteiger partial charge in [0, 0.05) is 60.7 Å². The van der Waals surface area contributed by atoms with Crippen LogP contribution in [-0.4, -0.2) is 38.4 Å². The van der Waals surface area contributed by atoms with Gasteiger partial charge < -0.3 is 25.7 Å². The maximum Gasteiger partial charge on any atom is 0.258 e. The molecule has 10 nitrogen and oxygen atoms in total. The lowest BCUT2D eigenvalue weighted by Crippen LogP contribution is -2.69. The van der Waals surface area contributed by atoms with E-state index in [1.165, 1.54) is 25.5 Å². The zero-order chi connectivity index (χ0) is 30.8. The summed E-state index contributed by atoms with van der Waals surface area (Å²) in [7, 11) is 1.75. The Labute approximate surface area is 260 Å². The van der Waals surface area contributed by atoms with Gasteiger partial charge in [-0.15, -0.1) is 5.53 Å². The van der Waals surface area contributed by atoms with Crippen LogP contribution in [0.2, 0.25) is 5.02 Å². The minimum atomic E-state index is -0.404. The second-order valence-electron chi connectivity index (χ2n) is 13.2. The van der Waals surface area contributed by atoms with Crippen molar-refractivity contribution in [1.82, 2.24) is 25.5 Å². The zero-order valence-electron chi connectivity index (χ0n) is 24.9. The minimum Gasteiger partial charge on any atom is -0.396 e. The Morgan fingerprint density at radius 1 is 1.23 bits per heavy atom. The van der Waals surface area contributed by atoms with Gasteiger partial charge in [0.05, 0.1) is 39.1 Å². The Hall–Kier alpha value is -4.30. The third-order valence-corrected chi connectivity index (χ3v) is 9.70. The van der Waals surface area contributed by atoms with Crippen molar-refractivity contribution in [3.05, 3.63) is 87.2 Å². The number of fused-ring (bicyclic) bond motifs is 2. The average molecular weight is 611 g/mol. The monoisotopic (exact) mass is 610 g/mol. The van der Waals surface area contributed by atoms with Crippen molar-refractivity contribution in [2.45, 2.75) is 44.7 Å². The number of aliphatic hydroxyl groups is 1. The third kappa shape index (κ3) is 4.63. The van der Waals surface area contributed by atoms with Gasteiger partial charge in [0.25, 0.3) is 5.56 Å². The van der Waals surface area contributed by atoms with Crippen molar-refractivity contribution < 1.29 is 5.11 Å². The molecule has 2 aromatic heterocycles. The molecule has 226 valence electrons. The van der Waals surface area contributed by atoms with E-state index in [4.69, 9.17) is 11.6 Å². The quantitative estimate of drug-likeness (QED) is 0.179. The Balaban J connectivity index is 1.34. The number of halogens is 1. The van der Waals surface area contributed by atoms with Crippen LogP contribution in [-0.2, 0) is 7.05 Å². The van der Waals surface area contributed by atoms with E-state index in [1.807, 2.05) is 50.2 Å². The lowest BCUT2D eigenvalue weighted by atomic mass is 9.49. The van der Waals surface area contributed by atoms with Gasteiger partial charge in [-0.25, -0.2) is 0 Å². The molecule has 4 aliphatic rings. The number of nitrogens with one attached hydrogen (secondary N) is 4. The van der Waals surface area contributed by atoms with Crippen LogP contribution in [0.3, 0.4) is 0 Å². The molecular weight excluding hydrogens is 576 g/mol. The molecule has 3 aliphatic carbocycles. The fourth-order valence-corrected chi connectivity index (χ4v) is 6.87. The maximum atomic E-state index is 13.1. The van der Waals surface area contributed by atoms with E-state index in [1.54, 1.807) is 17.8 Å². The number of aryl methyl sites for hydroxylation is 1. The average Bonchev–Trinajstić information content (AvgIpc) is 3.44. The van der Waals surface area contributed by atoms with Crippen LogP contribution in [0.1, 0.15) is 50.3 Å². The molecule has 0 spiro atoms. The molecule has 3 heterocycles. The first-order valence-electron chi connectivity index (χ1n) is 14.9. The highest BCUT2D eigenvalue weighted by molar-refractivity contribution is 6.35. The molecule has 0 saturated heterocycles. The van der Waals surface area contributed by atoms with Gasteiger partial charge in [-0.1, -0.05) is 37.6 Å². The molecule has 1 aliphatic heterocycles. The largest absolute Gasteiger partial charge is 0.396 e. The first kappa shape index (κ1) is 28.5. The van der Waals surface area contributed by atoms with Crippen molar-refractivity contribution in [2.24, 2.45) is 18.4 Å². The number of hydrazine groups is 2. The van der Waals surface area contributed by atoms with Crippen molar-refractivity contribution >= 4 is 44.7 Å². The van der Waals surface area contributed by atoms with E-state index in [0.29, 0.717) is 39.1 Å². The SMILES string of the molecule is Cn1ccc2c([C@H](Nc3cc(Cl)c4ncc(C#N)c(NCC(C)(C)CO)c4c3)C3=CN(C45CC(C4)C5)NN3)cccc2c1=O. The molecule has 0 unspecified atom stereocenters. The zero-order valence-corrected chi connectivity index (χ0v) is 25.7. The van der Waals surface area contributed by atoms with Gasteiger partial charge in [0.2, 0.25) is 0 Å². The second-order valence-corrected chi connectivity index (χ2v) is 13.6. The van der Waals surface area contributed by atoms with Crippen molar-refractivity contribution in [2.75, 3.05) is 23.8 Å². The van der Waals surface area contributed by atoms with E-state index >= 15 is 0 Å². The number of hydrogen-bond donors (Lipinski definition) is 5. The molecule has 4 aromatic rings. The third-order valence-electron chi connectivity index (χ3n) is 9.41. The molecule has 3 saturated carbocycles. The molecule has 11 heteroatoms. The smallest absolute Gasteiger partial charge is 0.258 e. The van der Waals surface area contributed by atoms with Crippen molar-refractivity contribution in [1.29, 1.82) is 5.26 Å². The molecule has 0 amide bonds. The van der Waals surface area contributed by atoms with Gasteiger partial charge >= 0.3 is 0 Å². The highest BCUT2D eigenvalue weighted by atomic mass is 35.5. The van der Waals surface area contributed by atoms with E-state index in [0.717, 1.165) is 28.3 Å². The number of pyridine rings is 2. The van der Waals surface area contributed by atoms with E-state index in [9.17, 15) is 15.2 Å². The molecule has 0 radical (unpaired) electrons. The molecule has 44 heavy (non-hydrogen) atoms. The van der Waals surface area contributed by atoms with Crippen LogP contribution < -0.4 is 27.2 Å². The van der Waals surface area contributed by atoms with E-state index < -0.39 is 5.41 Å². The summed E-state index contributed by atoms with van der Waals surface area (Å²) in [6.45, 7) is 4.33. The summed E-state index contributed by atoms with van der Waals surface area (Å²) in [6.07, 6.45) is 9.01. The lowest BCUT2D eigenvalue weighted by Gasteiger charge is -2.64. The van der Waals surface area contributed by atoms with Crippen LogP contribution in [0.25, 0.3) is 21.7 Å². The Kier molecular flexibility index (Phi) is 6.73. The van der Waals surface area contributed by atoms with Gasteiger partial charge in [-0.05, 0) is 60.4 Å². The standard InChI is InChI=1S/C33H35ClN8O2/c1-32(2,18-43)17-37-28-20(14-35)15-36-29-25(28)9-21(10-26(29)34)38-30(27-16-42(40-39-27)33-11-19(12-33)13-33)23-5-4-6-24-22(23)7-8-41(3)31(24)44/h4-10,15-16,19,30,38-40,43H,11-13,17-18H2,1-3H3,(H,36,37)/t19?,30-,33?/m0/s1. The number of benzene rings is 2. The number of hydrogen-bond acceptors (Lipinski definition) is 9. The van der Waals surface area contributed by atoms with Crippen LogP contribution in [0.4, 0.5) is 11.4 Å². The fourth-order valence-electron chi connectivity index (χ4n) is 6.60. The second kappa shape index (κ2) is 10.4. The molecule has 8 rings (SSSR count). The Bertz CT molecular complexity index is 1930. The normalized spacial score (nSPS) is 21.2. The summed E-state index contributed by atoms with van der Waals surface area (Å²) in [5.41, 5.74) is 10.6. The van der Waals surface area contributed by atoms with Gasteiger partial charge in [0.1, 0.15) is 6.07 Å². The summed E-state index contributed by atoms with van der Waals surface area (Å²) < 4.78 is 1.59. The molecule has 3 fully saturated rings. The molecule has 2 aromatic carbocycles. The summed E-state index contributed by atoms with van der Waals surface area (Å²) in [5.74, 6) is 0.829. The summed E-state index contributed by atoms with van der Waals surface area (Å²) in [6, 6.07) is 13.4. The fraction of sp³-hybridized carbons (Fsp3) is 0.364. The molecule has 2 bridgehead atoms. The number of rotatable bonds is 9. The van der Waals surface area contributed by atoms with Gasteiger partial charge in [-0.3, -0.25) is 14.8 Å². The summed E-state index contributed by atoms with van der Waals surface area (Å²) in [4.78, 5) is 17.6. The number of nitrogens with zero attached hydrogens (tertiary/aromatic N) is 4. The lowest BCUT2D eigenvalue weighted by molar-refractivity contribution is -0.141. The van der Waals surface area contributed by atoms with E-state index in [2.05, 4.69) is 43.9 Å². The van der Waals surface area contributed by atoms with Crippen LogP contribution >= 0.6 is 11.6 Å². The molecule has 1 atom stereocenters. The van der Waals surface area contributed by atoms with Gasteiger partial charge in [0.15, 0.2) is 0 Å². The highest BCUT2D eigenvalue weighted by Crippen LogP contribution is 2.60. The number of aromatic nitrogens is 2. The number of anilines is 2. The first-order chi connectivity index (χ1) is 21.1. The van der Waals surface area contributed by atoms with Crippen molar-refractivity contribution in [3.63, 3.8) is 0 Å². The van der Waals surface area contributed by atoms with Gasteiger partial charge in [-0.2, -0.15) is 5.26 Å². The Morgan fingerprint density at radius 3 is 2.73 bits per heavy atom. The van der Waals surface area contributed by atoms with Crippen LogP contribution in [0.15, 0.2) is 65.5 Å². The summed E-state index contributed by atoms with van der Waals surface area (Å²) in [5, 5.41) is 31.6. The van der Waals surface area contributed by atoms with Crippen molar-refractivity contribution in [3.8, 4) is 6.07 Å². The van der Waals surface area contributed by atoms with E-state index in [-0.39, 0.29) is 23.7 Å². The first-order valence-corrected chi connectivity index (χ1v) is 15.2. The maximum absolute atomic E-state index is 13.1. The topological polar surface area (TPSA) is 130 Å².